The molecule has 3 rings (SSSR count). The second-order valence-electron chi connectivity index (χ2n) is 7.32. The van der Waals surface area contributed by atoms with Crippen LogP contribution in [-0.4, -0.2) is 36.8 Å². The van der Waals surface area contributed by atoms with E-state index >= 15 is 0 Å². The summed E-state index contributed by atoms with van der Waals surface area (Å²) >= 11 is 7.61. The molecule has 32 heavy (non-hydrogen) atoms. The van der Waals surface area contributed by atoms with Crippen molar-refractivity contribution in [3.05, 3.63) is 57.3 Å². The molecule has 2 aromatic carbocycles. The summed E-state index contributed by atoms with van der Waals surface area (Å²) in [7, 11) is -2.04. The number of terminal acetylenes is 1. The number of benzene rings is 2. The number of hydrogen-bond acceptors (Lipinski definition) is 4. The number of amides is 1. The average Bonchev–Trinajstić information content (AvgIpc) is 3.12. The van der Waals surface area contributed by atoms with Crippen LogP contribution in [0.25, 0.3) is 10.2 Å². The lowest BCUT2D eigenvalue weighted by molar-refractivity contribution is 0.0998. The van der Waals surface area contributed by atoms with Gasteiger partial charge in [0.1, 0.15) is 0 Å². The number of thiazole rings is 1. The molecule has 0 radical (unpaired) electrons. The molecule has 0 aliphatic carbocycles. The molecule has 0 unspecified atom stereocenters. The van der Waals surface area contributed by atoms with E-state index in [-0.39, 0.29) is 11.4 Å². The summed E-state index contributed by atoms with van der Waals surface area (Å²) in [6, 6.07) is 9.51. The molecule has 0 atom stereocenters. The van der Waals surface area contributed by atoms with Crippen LogP contribution in [0.4, 0.5) is 0 Å². The Hall–Kier alpha value is -2.44. The van der Waals surface area contributed by atoms with Crippen LogP contribution in [0.5, 0.6) is 0 Å². The third-order valence-electron chi connectivity index (χ3n) is 5.11. The van der Waals surface area contributed by atoms with E-state index in [0.29, 0.717) is 21.9 Å². The molecule has 1 heterocycles. The smallest absolute Gasteiger partial charge is 0.279 e. The third kappa shape index (κ3) is 4.81. The highest BCUT2D eigenvalue weighted by atomic mass is 35.5. The topological polar surface area (TPSA) is 71.7 Å². The van der Waals surface area contributed by atoms with E-state index in [1.54, 1.807) is 17.7 Å². The number of sulfonamides is 1. The number of nitrogens with zero attached hydrogens (tertiary/aromatic N) is 3. The summed E-state index contributed by atoms with van der Waals surface area (Å²) in [5, 5.41) is 0.611. The molecule has 168 valence electrons. The first kappa shape index (κ1) is 24.2. The molecular formula is C23H24ClN3O3S2. The normalized spacial score (nSPS) is 12.4. The van der Waals surface area contributed by atoms with Crippen molar-refractivity contribution in [2.45, 2.75) is 38.1 Å². The molecule has 9 heteroatoms. The summed E-state index contributed by atoms with van der Waals surface area (Å²) in [6.07, 6.45) is 7.22. The van der Waals surface area contributed by atoms with E-state index in [2.05, 4.69) is 10.9 Å². The zero-order chi connectivity index (χ0) is 23.5. The van der Waals surface area contributed by atoms with Gasteiger partial charge < -0.3 is 4.57 Å². The van der Waals surface area contributed by atoms with Gasteiger partial charge in [0.15, 0.2) is 4.80 Å². The molecule has 0 aliphatic rings. The molecule has 6 nitrogen and oxygen atoms in total. The van der Waals surface area contributed by atoms with E-state index in [1.165, 1.54) is 39.9 Å². The third-order valence-corrected chi connectivity index (χ3v) is 8.44. The van der Waals surface area contributed by atoms with Gasteiger partial charge in [-0.1, -0.05) is 42.2 Å². The van der Waals surface area contributed by atoms with E-state index in [9.17, 15) is 13.2 Å². The fourth-order valence-electron chi connectivity index (χ4n) is 3.24. The van der Waals surface area contributed by atoms with Gasteiger partial charge in [-0.25, -0.2) is 12.7 Å². The maximum atomic E-state index is 12.8. The molecule has 1 amide bonds. The first-order valence-corrected chi connectivity index (χ1v) is 12.7. The van der Waals surface area contributed by atoms with Crippen LogP contribution in [0.3, 0.4) is 0 Å². The van der Waals surface area contributed by atoms with Crippen molar-refractivity contribution in [3.8, 4) is 12.3 Å². The number of aryl methyl sites for hydroxylation is 1. The molecule has 0 N–H and O–H groups in total. The Bertz CT molecular complexity index is 1360. The van der Waals surface area contributed by atoms with Crippen molar-refractivity contribution in [2.24, 2.45) is 4.99 Å². The zero-order valence-corrected chi connectivity index (χ0v) is 20.5. The molecule has 0 bridgehead atoms. The number of halogens is 1. The summed E-state index contributed by atoms with van der Waals surface area (Å²) in [5.74, 6) is 2.12. The van der Waals surface area contributed by atoms with Crippen molar-refractivity contribution in [3.63, 3.8) is 0 Å². The average molecular weight is 490 g/mol. The van der Waals surface area contributed by atoms with Crippen LogP contribution in [0.1, 0.15) is 35.7 Å². The summed E-state index contributed by atoms with van der Waals surface area (Å²) in [5.41, 5.74) is 2.01. The van der Waals surface area contributed by atoms with E-state index in [0.717, 1.165) is 28.6 Å². The van der Waals surface area contributed by atoms with Gasteiger partial charge in [0, 0.05) is 24.2 Å². The van der Waals surface area contributed by atoms with Gasteiger partial charge in [-0.3, -0.25) is 4.79 Å². The van der Waals surface area contributed by atoms with Crippen LogP contribution in [-0.2, 0) is 16.6 Å². The monoisotopic (exact) mass is 489 g/mol. The standard InChI is InChI=1S/C23H24ClN3O3S2/c1-5-7-15-26(4)32(29,30)18-10-8-17(9-11-18)22(28)25-23-27(14-6-2)21-16(3)19(24)12-13-20(21)31-23/h2,8-13H,5,7,14-15H2,1,3-4H3. The van der Waals surface area contributed by atoms with Crippen LogP contribution >= 0.6 is 22.9 Å². The lowest BCUT2D eigenvalue weighted by atomic mass is 10.2. The number of unbranched alkanes of at least 4 members (excludes halogenated alkanes) is 1. The van der Waals surface area contributed by atoms with Gasteiger partial charge in [-0.05, 0) is 55.3 Å². The largest absolute Gasteiger partial charge is 0.304 e. The molecule has 0 spiro atoms. The minimum absolute atomic E-state index is 0.141. The predicted octanol–water partition coefficient (Wildman–Crippen LogP) is 4.46. The number of carbonyl (C=O) groups is 1. The molecule has 3 aromatic rings. The minimum atomic E-state index is -3.60. The highest BCUT2D eigenvalue weighted by molar-refractivity contribution is 7.89. The summed E-state index contributed by atoms with van der Waals surface area (Å²) in [4.78, 5) is 17.7. The molecule has 0 aliphatic heterocycles. The van der Waals surface area contributed by atoms with Crippen LogP contribution in [0.2, 0.25) is 5.02 Å². The molecule has 0 fully saturated rings. The Morgan fingerprint density at radius 2 is 1.94 bits per heavy atom. The van der Waals surface area contributed by atoms with Crippen LogP contribution in [0, 0.1) is 19.3 Å². The van der Waals surface area contributed by atoms with Crippen molar-refractivity contribution < 1.29 is 13.2 Å². The molecular weight excluding hydrogens is 466 g/mol. The van der Waals surface area contributed by atoms with Gasteiger partial charge >= 0.3 is 0 Å². The number of aromatic nitrogens is 1. The Morgan fingerprint density at radius 1 is 1.25 bits per heavy atom. The van der Waals surface area contributed by atoms with Crippen molar-refractivity contribution in [1.29, 1.82) is 0 Å². The maximum absolute atomic E-state index is 12.8. The highest BCUT2D eigenvalue weighted by Crippen LogP contribution is 2.27. The van der Waals surface area contributed by atoms with Gasteiger partial charge in [-0.15, -0.1) is 6.42 Å². The van der Waals surface area contributed by atoms with Crippen molar-refractivity contribution in [1.82, 2.24) is 8.87 Å². The fraction of sp³-hybridized carbons (Fsp3) is 0.304. The van der Waals surface area contributed by atoms with Crippen molar-refractivity contribution >= 4 is 49.1 Å². The van der Waals surface area contributed by atoms with E-state index in [4.69, 9.17) is 18.0 Å². The first-order chi connectivity index (χ1) is 15.2. The van der Waals surface area contributed by atoms with Crippen LogP contribution in [0.15, 0.2) is 46.3 Å². The lowest BCUT2D eigenvalue weighted by Gasteiger charge is -2.16. The zero-order valence-electron chi connectivity index (χ0n) is 18.1. The first-order valence-electron chi connectivity index (χ1n) is 10.1. The van der Waals surface area contributed by atoms with Crippen LogP contribution < -0.4 is 4.80 Å². The minimum Gasteiger partial charge on any atom is -0.304 e. The van der Waals surface area contributed by atoms with Gasteiger partial charge in [0.2, 0.25) is 10.0 Å². The maximum Gasteiger partial charge on any atom is 0.279 e. The van der Waals surface area contributed by atoms with E-state index < -0.39 is 15.9 Å². The van der Waals surface area contributed by atoms with E-state index in [1.807, 2.05) is 19.9 Å². The number of hydrogen-bond donors (Lipinski definition) is 0. The second kappa shape index (κ2) is 10.0. The Labute approximate surface area is 197 Å². The van der Waals surface area contributed by atoms with Crippen molar-refractivity contribution in [2.75, 3.05) is 13.6 Å². The summed E-state index contributed by atoms with van der Waals surface area (Å²) in [6.45, 7) is 4.59. The lowest BCUT2D eigenvalue weighted by Crippen LogP contribution is -2.27. The Morgan fingerprint density at radius 3 is 2.56 bits per heavy atom. The molecule has 0 saturated heterocycles. The number of fused-ring (bicyclic) bond motifs is 1. The van der Waals surface area contributed by atoms with Gasteiger partial charge in [-0.2, -0.15) is 4.99 Å². The quantitative estimate of drug-likeness (QED) is 0.460. The predicted molar refractivity (Wildman–Crippen MR) is 129 cm³/mol. The fourth-order valence-corrected chi connectivity index (χ4v) is 5.69. The highest BCUT2D eigenvalue weighted by Gasteiger charge is 2.20. The van der Waals surface area contributed by atoms with Gasteiger partial charge in [0.05, 0.1) is 21.7 Å². The summed E-state index contributed by atoms with van der Waals surface area (Å²) < 4.78 is 29.4. The number of carbonyl (C=O) groups excluding carboxylic acids is 1. The second-order valence-corrected chi connectivity index (χ2v) is 10.8. The molecule has 1 aromatic heterocycles. The SMILES string of the molecule is C#CCn1c(=NC(=O)c2ccc(S(=O)(=O)N(C)CCCC)cc2)sc2ccc(Cl)c(C)c21. The molecule has 0 saturated carbocycles. The number of rotatable bonds is 7. The Balaban J connectivity index is 1.97. The van der Waals surface area contributed by atoms with Gasteiger partial charge in [0.25, 0.3) is 5.91 Å². The Kier molecular flexibility index (Phi) is 7.57.